The summed E-state index contributed by atoms with van der Waals surface area (Å²) in [4.78, 5) is 0. The first kappa shape index (κ1) is 16.9. The molecule has 0 saturated heterocycles. The number of benzene rings is 1. The molecule has 1 rings (SSSR count). The third kappa shape index (κ3) is 4.71. The first-order chi connectivity index (χ1) is 9.01. The predicted molar refractivity (Wildman–Crippen MR) is 81.2 cm³/mol. The zero-order chi connectivity index (χ0) is 14.4. The first-order valence-electron chi connectivity index (χ1n) is 6.40. The Balaban J connectivity index is 2.89. The topological polar surface area (TPSA) is 21.3 Å². The van der Waals surface area contributed by atoms with Crippen LogP contribution in [0.4, 0.5) is 4.39 Å². The zero-order valence-corrected chi connectivity index (χ0v) is 13.8. The van der Waals surface area contributed by atoms with Gasteiger partial charge >= 0.3 is 0 Å². The molecule has 0 bridgehead atoms. The lowest BCUT2D eigenvalue weighted by molar-refractivity contribution is 0.106. The average Bonchev–Trinajstić information content (AvgIpc) is 2.41. The molecular weight excluding hydrogens is 333 g/mol. The molecule has 0 aliphatic carbocycles. The van der Waals surface area contributed by atoms with Crippen molar-refractivity contribution in [2.24, 2.45) is 0 Å². The van der Waals surface area contributed by atoms with Crippen LogP contribution in [-0.4, -0.2) is 19.8 Å². The van der Waals surface area contributed by atoms with Crippen molar-refractivity contribution >= 4 is 27.5 Å². The fourth-order valence-electron chi connectivity index (χ4n) is 1.94. The van der Waals surface area contributed by atoms with Crippen LogP contribution >= 0.6 is 27.5 Å². The second-order valence-electron chi connectivity index (χ2n) is 4.50. The van der Waals surface area contributed by atoms with Gasteiger partial charge in [-0.1, -0.05) is 24.6 Å². The third-order valence-corrected chi connectivity index (χ3v) is 4.41. The summed E-state index contributed by atoms with van der Waals surface area (Å²) in [6.07, 6.45) is 1.83. The molecule has 1 aromatic rings. The molecule has 0 heterocycles. The van der Waals surface area contributed by atoms with Crippen molar-refractivity contribution in [2.75, 3.05) is 13.7 Å². The van der Waals surface area contributed by atoms with Crippen molar-refractivity contribution in [1.82, 2.24) is 5.32 Å². The predicted octanol–water partition coefficient (Wildman–Crippen LogP) is 4.71. The summed E-state index contributed by atoms with van der Waals surface area (Å²) in [6, 6.07) is 3.51. The van der Waals surface area contributed by atoms with Crippen LogP contribution in [0.15, 0.2) is 16.6 Å². The Hall–Kier alpha value is -0.160. The Morgan fingerprint density at radius 2 is 2.11 bits per heavy atom. The van der Waals surface area contributed by atoms with Crippen molar-refractivity contribution in [3.8, 4) is 0 Å². The molecule has 1 N–H and O–H groups in total. The maximum atomic E-state index is 14.2. The molecule has 0 spiro atoms. The van der Waals surface area contributed by atoms with Crippen molar-refractivity contribution < 1.29 is 9.13 Å². The number of hydrogen-bond donors (Lipinski definition) is 1. The van der Waals surface area contributed by atoms with E-state index in [2.05, 4.69) is 21.2 Å². The van der Waals surface area contributed by atoms with Gasteiger partial charge in [0.05, 0.1) is 11.1 Å². The minimum absolute atomic E-state index is 0.0480. The fourth-order valence-corrected chi connectivity index (χ4v) is 2.42. The molecule has 0 aliphatic heterocycles. The number of nitrogens with one attached hydrogen (secondary N) is 1. The molecular formula is C14H20BrClFNO. The van der Waals surface area contributed by atoms with E-state index in [9.17, 15) is 4.39 Å². The van der Waals surface area contributed by atoms with Gasteiger partial charge in [-0.05, 0) is 48.3 Å². The molecule has 0 saturated carbocycles. The van der Waals surface area contributed by atoms with E-state index in [0.29, 0.717) is 10.0 Å². The summed E-state index contributed by atoms with van der Waals surface area (Å²) in [7, 11) is 1.68. The standard InChI is InChI=1S/C14H20BrClFNO/c1-4-18-12(8-5-9(2)19-3)10-6-7-11(15)13(16)14(10)17/h6-7,9,12,18H,4-5,8H2,1-3H3. The highest BCUT2D eigenvalue weighted by Gasteiger charge is 2.19. The average molecular weight is 353 g/mol. The highest BCUT2D eigenvalue weighted by atomic mass is 79.9. The van der Waals surface area contributed by atoms with Crippen molar-refractivity contribution in [3.05, 3.63) is 33.0 Å². The summed E-state index contributed by atoms with van der Waals surface area (Å²) in [5, 5.41) is 3.44. The number of hydrogen-bond acceptors (Lipinski definition) is 2. The molecule has 2 unspecified atom stereocenters. The molecule has 0 aromatic heterocycles. The van der Waals surface area contributed by atoms with Gasteiger partial charge in [-0.2, -0.15) is 0 Å². The van der Waals surface area contributed by atoms with E-state index in [1.165, 1.54) is 0 Å². The van der Waals surface area contributed by atoms with Crippen LogP contribution in [0, 0.1) is 5.82 Å². The van der Waals surface area contributed by atoms with Crippen LogP contribution < -0.4 is 5.32 Å². The van der Waals surface area contributed by atoms with Gasteiger partial charge in [0, 0.05) is 23.2 Å². The van der Waals surface area contributed by atoms with Gasteiger partial charge in [-0.25, -0.2) is 4.39 Å². The van der Waals surface area contributed by atoms with Gasteiger partial charge in [0.15, 0.2) is 0 Å². The van der Waals surface area contributed by atoms with E-state index in [-0.39, 0.29) is 23.0 Å². The lowest BCUT2D eigenvalue weighted by atomic mass is 10.00. The van der Waals surface area contributed by atoms with E-state index < -0.39 is 0 Å². The molecule has 0 aliphatic rings. The molecule has 19 heavy (non-hydrogen) atoms. The normalized spacial score (nSPS) is 14.4. The quantitative estimate of drug-likeness (QED) is 0.718. The molecule has 5 heteroatoms. The fraction of sp³-hybridized carbons (Fsp3) is 0.571. The minimum Gasteiger partial charge on any atom is -0.382 e. The monoisotopic (exact) mass is 351 g/mol. The largest absolute Gasteiger partial charge is 0.382 e. The van der Waals surface area contributed by atoms with E-state index in [1.807, 2.05) is 13.8 Å². The molecule has 2 atom stereocenters. The van der Waals surface area contributed by atoms with Crippen molar-refractivity contribution in [1.29, 1.82) is 0 Å². The van der Waals surface area contributed by atoms with E-state index in [4.69, 9.17) is 16.3 Å². The van der Waals surface area contributed by atoms with Crippen molar-refractivity contribution in [2.45, 2.75) is 38.8 Å². The third-order valence-electron chi connectivity index (χ3n) is 3.16. The van der Waals surface area contributed by atoms with Crippen LogP contribution in [0.25, 0.3) is 0 Å². The SMILES string of the molecule is CCNC(CCC(C)OC)c1ccc(Br)c(Cl)c1F. The van der Waals surface area contributed by atoms with Gasteiger partial charge in [0.2, 0.25) is 0 Å². The Morgan fingerprint density at radius 3 is 2.68 bits per heavy atom. The second-order valence-corrected chi connectivity index (χ2v) is 5.73. The lowest BCUT2D eigenvalue weighted by Crippen LogP contribution is -2.23. The highest BCUT2D eigenvalue weighted by molar-refractivity contribution is 9.10. The summed E-state index contributed by atoms with van der Waals surface area (Å²) in [5.74, 6) is -0.355. The van der Waals surface area contributed by atoms with E-state index >= 15 is 0 Å². The van der Waals surface area contributed by atoms with Gasteiger partial charge in [0.1, 0.15) is 5.82 Å². The molecule has 0 amide bonds. The Bertz CT molecular complexity index is 417. The van der Waals surface area contributed by atoms with Crippen LogP contribution in [0.2, 0.25) is 5.02 Å². The van der Waals surface area contributed by atoms with Gasteiger partial charge in [-0.15, -0.1) is 0 Å². The molecule has 1 aromatic carbocycles. The number of rotatable bonds is 7. The van der Waals surface area contributed by atoms with Gasteiger partial charge in [-0.3, -0.25) is 0 Å². The van der Waals surface area contributed by atoms with E-state index in [1.54, 1.807) is 19.2 Å². The maximum Gasteiger partial charge on any atom is 0.147 e. The van der Waals surface area contributed by atoms with Gasteiger partial charge < -0.3 is 10.1 Å². The smallest absolute Gasteiger partial charge is 0.147 e. The molecule has 0 radical (unpaired) electrons. The van der Waals surface area contributed by atoms with Gasteiger partial charge in [0.25, 0.3) is 0 Å². The summed E-state index contributed by atoms with van der Waals surface area (Å²) >= 11 is 9.17. The Labute approximate surface area is 127 Å². The second kappa shape index (κ2) is 8.20. The van der Waals surface area contributed by atoms with Crippen LogP contribution in [0.1, 0.15) is 38.3 Å². The Kier molecular flexibility index (Phi) is 7.29. The minimum atomic E-state index is -0.355. The van der Waals surface area contributed by atoms with Crippen LogP contribution in [-0.2, 0) is 4.74 Å². The van der Waals surface area contributed by atoms with Crippen LogP contribution in [0.5, 0.6) is 0 Å². The Morgan fingerprint density at radius 1 is 1.42 bits per heavy atom. The molecule has 108 valence electrons. The maximum absolute atomic E-state index is 14.2. The summed E-state index contributed by atoms with van der Waals surface area (Å²) in [6.45, 7) is 4.79. The zero-order valence-electron chi connectivity index (χ0n) is 11.5. The number of halogens is 3. The van der Waals surface area contributed by atoms with Crippen molar-refractivity contribution in [3.63, 3.8) is 0 Å². The summed E-state index contributed by atoms with van der Waals surface area (Å²) in [5.41, 5.74) is 0.610. The van der Waals surface area contributed by atoms with Crippen LogP contribution in [0.3, 0.4) is 0 Å². The lowest BCUT2D eigenvalue weighted by Gasteiger charge is -2.21. The number of methoxy groups -OCH3 is 1. The highest BCUT2D eigenvalue weighted by Crippen LogP contribution is 2.32. The number of ether oxygens (including phenoxy) is 1. The summed E-state index contributed by atoms with van der Waals surface area (Å²) < 4.78 is 20.0. The first-order valence-corrected chi connectivity index (χ1v) is 7.57. The van der Waals surface area contributed by atoms with E-state index in [0.717, 1.165) is 19.4 Å². The molecule has 2 nitrogen and oxygen atoms in total. The molecule has 0 fully saturated rings.